The molecule has 0 heterocycles. The molecule has 0 aromatic heterocycles. The van der Waals surface area contributed by atoms with Crippen LogP contribution < -0.4 is 9.47 Å². The molecule has 0 N–H and O–H groups in total. The van der Waals surface area contributed by atoms with Gasteiger partial charge < -0.3 is 9.47 Å². The van der Waals surface area contributed by atoms with Gasteiger partial charge in [-0.25, -0.2) is 4.39 Å². The van der Waals surface area contributed by atoms with Gasteiger partial charge in [0.05, 0.1) is 7.11 Å². The highest BCUT2D eigenvalue weighted by molar-refractivity contribution is 5.82. The number of rotatable bonds is 6. The number of hydrogen-bond donors (Lipinski definition) is 0. The molecule has 0 aliphatic heterocycles. The third-order valence-electron chi connectivity index (χ3n) is 2.76. The maximum atomic E-state index is 13.5. The zero-order valence-electron chi connectivity index (χ0n) is 11.1. The quantitative estimate of drug-likeness (QED) is 0.812. The number of carbonyl (C=O) groups is 1. The van der Waals surface area contributed by atoms with E-state index in [0.717, 1.165) is 0 Å². The predicted octanol–water partition coefficient (Wildman–Crippen LogP) is 3.02. The first-order chi connectivity index (χ1) is 9.69. The van der Waals surface area contributed by atoms with Crippen molar-refractivity contribution in [2.45, 2.75) is 6.42 Å². The van der Waals surface area contributed by atoms with E-state index in [0.29, 0.717) is 11.3 Å². The van der Waals surface area contributed by atoms with Gasteiger partial charge in [0, 0.05) is 6.42 Å². The number of para-hydroxylation sites is 1. The van der Waals surface area contributed by atoms with Gasteiger partial charge in [-0.2, -0.15) is 0 Å². The number of methoxy groups -OCH3 is 1. The van der Waals surface area contributed by atoms with Crippen LogP contribution >= 0.6 is 0 Å². The second kappa shape index (κ2) is 6.70. The van der Waals surface area contributed by atoms with Gasteiger partial charge in [0.2, 0.25) is 0 Å². The summed E-state index contributed by atoms with van der Waals surface area (Å²) in [5.41, 5.74) is 0.602. The largest absolute Gasteiger partial charge is 0.494 e. The van der Waals surface area contributed by atoms with Crippen molar-refractivity contribution in [2.75, 3.05) is 13.7 Å². The molecule has 2 aromatic carbocycles. The van der Waals surface area contributed by atoms with Crippen molar-refractivity contribution in [3.63, 3.8) is 0 Å². The highest BCUT2D eigenvalue weighted by Gasteiger charge is 2.08. The average molecular weight is 274 g/mol. The fraction of sp³-hybridized carbons (Fsp3) is 0.188. The summed E-state index contributed by atoms with van der Waals surface area (Å²) in [6.45, 7) is -0.0301. The number of benzene rings is 2. The Morgan fingerprint density at radius 1 is 1.15 bits per heavy atom. The Kier molecular flexibility index (Phi) is 4.71. The third-order valence-corrected chi connectivity index (χ3v) is 2.76. The first kappa shape index (κ1) is 14.1. The summed E-state index contributed by atoms with van der Waals surface area (Å²) in [5.74, 6) is 0.226. The molecule has 0 aliphatic carbocycles. The molecule has 0 fully saturated rings. The third kappa shape index (κ3) is 3.82. The van der Waals surface area contributed by atoms with Crippen LogP contribution in [0.25, 0.3) is 0 Å². The number of Topliss-reactive ketones (excluding diaryl/α,β-unsaturated/α-hetero) is 1. The smallest absolute Gasteiger partial charge is 0.174 e. The van der Waals surface area contributed by atoms with Crippen molar-refractivity contribution in [3.05, 3.63) is 59.9 Å². The molecule has 104 valence electrons. The Balaban J connectivity index is 1.90. The molecular formula is C16H15FO3. The van der Waals surface area contributed by atoms with E-state index in [4.69, 9.17) is 9.47 Å². The summed E-state index contributed by atoms with van der Waals surface area (Å²) >= 11 is 0. The van der Waals surface area contributed by atoms with Crippen LogP contribution in [0.4, 0.5) is 4.39 Å². The highest BCUT2D eigenvalue weighted by Crippen LogP contribution is 2.18. The topological polar surface area (TPSA) is 35.5 Å². The van der Waals surface area contributed by atoms with E-state index in [1.165, 1.54) is 19.2 Å². The van der Waals surface area contributed by atoms with E-state index in [9.17, 15) is 9.18 Å². The molecular weight excluding hydrogens is 259 g/mol. The van der Waals surface area contributed by atoms with Crippen LogP contribution in [0.1, 0.15) is 5.56 Å². The van der Waals surface area contributed by atoms with Crippen molar-refractivity contribution in [1.29, 1.82) is 0 Å². The van der Waals surface area contributed by atoms with Crippen LogP contribution in [0.5, 0.6) is 11.5 Å². The average Bonchev–Trinajstić information content (AvgIpc) is 2.46. The molecule has 2 rings (SSSR count). The van der Waals surface area contributed by atoms with E-state index in [-0.39, 0.29) is 24.6 Å². The zero-order chi connectivity index (χ0) is 14.4. The zero-order valence-corrected chi connectivity index (χ0v) is 11.1. The van der Waals surface area contributed by atoms with Gasteiger partial charge in [0.15, 0.2) is 17.3 Å². The molecule has 20 heavy (non-hydrogen) atoms. The van der Waals surface area contributed by atoms with Gasteiger partial charge in [-0.05, 0) is 29.8 Å². The van der Waals surface area contributed by atoms with Crippen LogP contribution in [-0.4, -0.2) is 19.5 Å². The molecule has 0 spiro atoms. The minimum absolute atomic E-state index is 0.0301. The van der Waals surface area contributed by atoms with Crippen LogP contribution in [-0.2, 0) is 11.2 Å². The lowest BCUT2D eigenvalue weighted by Crippen LogP contribution is -2.13. The Labute approximate surface area is 117 Å². The maximum absolute atomic E-state index is 13.5. The molecule has 0 atom stereocenters. The van der Waals surface area contributed by atoms with Crippen molar-refractivity contribution >= 4 is 5.78 Å². The summed E-state index contributed by atoms with van der Waals surface area (Å²) in [6, 6.07) is 13.6. The molecule has 0 aliphatic rings. The predicted molar refractivity (Wildman–Crippen MR) is 73.6 cm³/mol. The summed E-state index contributed by atoms with van der Waals surface area (Å²) in [4.78, 5) is 11.8. The second-order valence-corrected chi connectivity index (χ2v) is 4.29. The van der Waals surface area contributed by atoms with E-state index in [1.807, 2.05) is 18.2 Å². The number of ketones is 1. The molecule has 0 bridgehead atoms. The number of ether oxygens (including phenoxy) is 2. The van der Waals surface area contributed by atoms with Crippen LogP contribution in [0, 0.1) is 5.82 Å². The highest BCUT2D eigenvalue weighted by atomic mass is 19.1. The van der Waals surface area contributed by atoms with E-state index in [1.54, 1.807) is 18.2 Å². The van der Waals surface area contributed by atoms with Crippen molar-refractivity contribution < 1.29 is 18.7 Å². The van der Waals surface area contributed by atoms with Gasteiger partial charge in [-0.3, -0.25) is 4.79 Å². The van der Waals surface area contributed by atoms with Gasteiger partial charge in [0.1, 0.15) is 12.4 Å². The molecule has 0 saturated carbocycles. The molecule has 0 unspecified atom stereocenters. The van der Waals surface area contributed by atoms with Gasteiger partial charge in [-0.1, -0.05) is 24.3 Å². The molecule has 2 aromatic rings. The number of carbonyl (C=O) groups excluding carboxylic acids is 1. The monoisotopic (exact) mass is 274 g/mol. The maximum Gasteiger partial charge on any atom is 0.174 e. The fourth-order valence-corrected chi connectivity index (χ4v) is 1.78. The van der Waals surface area contributed by atoms with Crippen molar-refractivity contribution in [1.82, 2.24) is 0 Å². The number of halogens is 1. The lowest BCUT2D eigenvalue weighted by atomic mass is 10.1. The van der Waals surface area contributed by atoms with E-state index >= 15 is 0 Å². The molecule has 0 radical (unpaired) electrons. The minimum atomic E-state index is -0.471. The second-order valence-electron chi connectivity index (χ2n) is 4.29. The summed E-state index contributed by atoms with van der Waals surface area (Å²) in [5, 5.41) is 0. The van der Waals surface area contributed by atoms with Crippen molar-refractivity contribution in [3.8, 4) is 11.5 Å². The Hall–Kier alpha value is -2.36. The Morgan fingerprint density at radius 2 is 1.90 bits per heavy atom. The van der Waals surface area contributed by atoms with Crippen LogP contribution in [0.3, 0.4) is 0 Å². The van der Waals surface area contributed by atoms with E-state index < -0.39 is 5.82 Å². The Bertz CT molecular complexity index is 582. The first-order valence-electron chi connectivity index (χ1n) is 6.21. The van der Waals surface area contributed by atoms with Gasteiger partial charge >= 0.3 is 0 Å². The fourth-order valence-electron chi connectivity index (χ4n) is 1.78. The summed E-state index contributed by atoms with van der Waals surface area (Å²) in [6.07, 6.45) is 0.133. The first-order valence-corrected chi connectivity index (χ1v) is 6.21. The summed E-state index contributed by atoms with van der Waals surface area (Å²) < 4.78 is 23.7. The summed E-state index contributed by atoms with van der Waals surface area (Å²) in [7, 11) is 1.40. The number of hydrogen-bond acceptors (Lipinski definition) is 3. The van der Waals surface area contributed by atoms with Gasteiger partial charge in [-0.15, -0.1) is 0 Å². The molecule has 0 saturated heterocycles. The molecule has 0 amide bonds. The Morgan fingerprint density at radius 3 is 2.55 bits per heavy atom. The normalized spacial score (nSPS) is 10.1. The molecule has 3 nitrogen and oxygen atoms in total. The standard InChI is InChI=1S/C16H15FO3/c1-19-16-8-7-12(10-15(16)17)9-13(18)11-20-14-5-3-2-4-6-14/h2-8,10H,9,11H2,1H3. The van der Waals surface area contributed by atoms with Gasteiger partial charge in [0.25, 0.3) is 0 Å². The SMILES string of the molecule is COc1ccc(CC(=O)COc2ccccc2)cc1F. The molecule has 4 heteroatoms. The van der Waals surface area contributed by atoms with E-state index in [2.05, 4.69) is 0 Å². The van der Waals surface area contributed by atoms with Crippen molar-refractivity contribution in [2.24, 2.45) is 0 Å². The lowest BCUT2D eigenvalue weighted by molar-refractivity contribution is -0.120. The van der Waals surface area contributed by atoms with Crippen LogP contribution in [0.2, 0.25) is 0 Å². The van der Waals surface area contributed by atoms with Crippen LogP contribution in [0.15, 0.2) is 48.5 Å². The minimum Gasteiger partial charge on any atom is -0.494 e. The lowest BCUT2D eigenvalue weighted by Gasteiger charge is -2.06.